The zero-order valence-corrected chi connectivity index (χ0v) is 15.4. The lowest BCUT2D eigenvalue weighted by Crippen LogP contribution is -2.45. The molecule has 0 spiro atoms. The summed E-state index contributed by atoms with van der Waals surface area (Å²) in [4.78, 5) is 22.6. The molecule has 0 saturated heterocycles. The van der Waals surface area contributed by atoms with Crippen molar-refractivity contribution in [1.29, 1.82) is 0 Å². The monoisotopic (exact) mass is 352 g/mol. The summed E-state index contributed by atoms with van der Waals surface area (Å²) < 4.78 is 5.52. The number of rotatable bonds is 9. The first kappa shape index (κ1) is 19.6. The average Bonchev–Trinajstić information content (AvgIpc) is 2.65. The number of esters is 1. The predicted octanol–water partition coefficient (Wildman–Crippen LogP) is 4.42. The van der Waals surface area contributed by atoms with Gasteiger partial charge in [0.15, 0.2) is 0 Å². The van der Waals surface area contributed by atoms with Crippen molar-refractivity contribution < 1.29 is 14.3 Å². The summed E-state index contributed by atoms with van der Waals surface area (Å²) in [6, 6.07) is 20.4. The molecule has 4 heteroatoms. The molecule has 136 valence electrons. The molecular formula is C22H26NO3+. The molecular weight excluding hydrogens is 326 g/mol. The van der Waals surface area contributed by atoms with Crippen molar-refractivity contribution in [2.45, 2.75) is 20.3 Å². The lowest BCUT2D eigenvalue weighted by Gasteiger charge is -2.37. The summed E-state index contributed by atoms with van der Waals surface area (Å²) in [5, 5.41) is 0. The third-order valence-corrected chi connectivity index (χ3v) is 4.31. The quantitative estimate of drug-likeness (QED) is 0.381. The van der Waals surface area contributed by atoms with Gasteiger partial charge in [0, 0.05) is 6.92 Å². The fourth-order valence-corrected chi connectivity index (χ4v) is 2.97. The lowest BCUT2D eigenvalue weighted by molar-refractivity contribution is -0.139. The number of benzene rings is 2. The molecule has 4 nitrogen and oxygen atoms in total. The van der Waals surface area contributed by atoms with E-state index in [0.29, 0.717) is 24.0 Å². The molecule has 0 atom stereocenters. The highest BCUT2D eigenvalue weighted by Crippen LogP contribution is 2.35. The normalized spacial score (nSPS) is 11.5. The van der Waals surface area contributed by atoms with Crippen molar-refractivity contribution >= 4 is 23.1 Å². The summed E-state index contributed by atoms with van der Waals surface area (Å²) in [6.07, 6.45) is 4.36. The van der Waals surface area contributed by atoms with Crippen LogP contribution in [0.2, 0.25) is 0 Å². The van der Waals surface area contributed by atoms with E-state index in [1.165, 1.54) is 6.92 Å². The minimum absolute atomic E-state index is 0.170. The van der Waals surface area contributed by atoms with Crippen LogP contribution in [0.25, 0.3) is 0 Å². The molecule has 0 aromatic heterocycles. The largest absolute Gasteiger partial charge is 0.462 e. The minimum Gasteiger partial charge on any atom is -0.462 e. The summed E-state index contributed by atoms with van der Waals surface area (Å²) in [5.74, 6) is -0.124. The molecule has 0 aliphatic carbocycles. The molecule has 0 saturated carbocycles. The summed E-state index contributed by atoms with van der Waals surface area (Å²) >= 11 is 0. The summed E-state index contributed by atoms with van der Waals surface area (Å²) in [6.45, 7) is 4.62. The molecule has 2 aromatic rings. The van der Waals surface area contributed by atoms with Gasteiger partial charge in [-0.05, 0) is 43.3 Å². The highest BCUT2D eigenvalue weighted by molar-refractivity contribution is 5.76. The van der Waals surface area contributed by atoms with E-state index < -0.39 is 0 Å². The van der Waals surface area contributed by atoms with E-state index in [1.807, 2.05) is 48.6 Å². The van der Waals surface area contributed by atoms with Gasteiger partial charge in [-0.15, -0.1) is 0 Å². The van der Waals surface area contributed by atoms with Crippen LogP contribution in [0.1, 0.15) is 20.3 Å². The summed E-state index contributed by atoms with van der Waals surface area (Å²) in [7, 11) is 0. The number of carbonyl (C=O) groups excluding carboxylic acids is 2. The van der Waals surface area contributed by atoms with Gasteiger partial charge in [-0.2, -0.15) is 0 Å². The number of ether oxygens (including phenoxy) is 1. The van der Waals surface area contributed by atoms with Crippen LogP contribution in [0.15, 0.2) is 72.8 Å². The molecule has 0 aliphatic rings. The molecule has 2 rings (SSSR count). The maximum atomic E-state index is 11.7. The Bertz CT molecular complexity index is 699. The van der Waals surface area contributed by atoms with E-state index in [-0.39, 0.29) is 18.4 Å². The van der Waals surface area contributed by atoms with E-state index >= 15 is 0 Å². The van der Waals surface area contributed by atoms with Crippen molar-refractivity contribution in [2.75, 3.05) is 19.7 Å². The van der Waals surface area contributed by atoms with Crippen molar-refractivity contribution in [2.24, 2.45) is 0 Å². The second-order valence-electron chi connectivity index (χ2n) is 6.27. The second kappa shape index (κ2) is 9.68. The molecule has 2 aromatic carbocycles. The number of hydrogen-bond acceptors (Lipinski definition) is 3. The number of hydrogen-bond donors (Lipinski definition) is 0. The van der Waals surface area contributed by atoms with E-state index in [0.717, 1.165) is 11.4 Å². The van der Waals surface area contributed by atoms with Crippen LogP contribution in [0, 0.1) is 0 Å². The van der Waals surface area contributed by atoms with Crippen LogP contribution in [0.5, 0.6) is 0 Å². The van der Waals surface area contributed by atoms with E-state index in [4.69, 9.17) is 4.74 Å². The first-order valence-electron chi connectivity index (χ1n) is 8.81. The molecule has 0 heterocycles. The SMILES string of the molecule is CC(=O)CC[N+](CC=CCOC(C)=O)(c1ccccc1)c1ccccc1. The highest BCUT2D eigenvalue weighted by Gasteiger charge is 2.32. The van der Waals surface area contributed by atoms with E-state index in [1.54, 1.807) is 6.92 Å². The third kappa shape index (κ3) is 5.39. The van der Waals surface area contributed by atoms with Gasteiger partial charge in [0.1, 0.15) is 30.3 Å². The number of para-hydroxylation sites is 2. The maximum absolute atomic E-state index is 11.7. The van der Waals surface area contributed by atoms with Gasteiger partial charge in [-0.3, -0.25) is 14.1 Å². The van der Waals surface area contributed by atoms with Gasteiger partial charge in [-0.1, -0.05) is 36.4 Å². The molecule has 0 radical (unpaired) electrons. The van der Waals surface area contributed by atoms with Crippen molar-refractivity contribution in [3.05, 3.63) is 72.8 Å². The van der Waals surface area contributed by atoms with Gasteiger partial charge in [-0.25, -0.2) is 0 Å². The van der Waals surface area contributed by atoms with E-state index in [2.05, 4.69) is 24.3 Å². The van der Waals surface area contributed by atoms with Gasteiger partial charge < -0.3 is 4.74 Å². The fourth-order valence-electron chi connectivity index (χ4n) is 2.97. The smallest absolute Gasteiger partial charge is 0.302 e. The molecule has 0 aliphatic heterocycles. The Morgan fingerprint density at radius 2 is 1.42 bits per heavy atom. The zero-order valence-electron chi connectivity index (χ0n) is 15.4. The Morgan fingerprint density at radius 1 is 0.885 bits per heavy atom. The Morgan fingerprint density at radius 3 is 1.88 bits per heavy atom. The minimum atomic E-state index is -0.293. The lowest BCUT2D eigenvalue weighted by atomic mass is 10.1. The number of Topliss-reactive ketones (excluding diaryl/α,β-unsaturated/α-hetero) is 1. The first-order chi connectivity index (χ1) is 12.5. The Balaban J connectivity index is 2.39. The fraction of sp³-hybridized carbons (Fsp3) is 0.273. The Labute approximate surface area is 155 Å². The van der Waals surface area contributed by atoms with Crippen LogP contribution in [-0.4, -0.2) is 31.4 Å². The van der Waals surface area contributed by atoms with Crippen LogP contribution in [0.4, 0.5) is 11.4 Å². The Hall–Kier alpha value is -2.72. The highest BCUT2D eigenvalue weighted by atomic mass is 16.5. The van der Waals surface area contributed by atoms with Crippen molar-refractivity contribution in [3.63, 3.8) is 0 Å². The molecule has 0 N–H and O–H groups in total. The Kier molecular flexibility index (Phi) is 7.30. The molecule has 0 unspecified atom stereocenters. The van der Waals surface area contributed by atoms with E-state index in [9.17, 15) is 9.59 Å². The number of quaternary nitrogens is 1. The first-order valence-corrected chi connectivity index (χ1v) is 8.81. The van der Waals surface area contributed by atoms with Crippen LogP contribution in [0.3, 0.4) is 0 Å². The topological polar surface area (TPSA) is 43.4 Å². The standard InChI is InChI=1S/C22H26NO3/c1-19(24)15-17-23(21-11-5-3-6-12-21,22-13-7-4-8-14-22)16-9-10-18-26-20(2)25/h3-14H,15-18H2,1-2H3/q+1. The molecule has 0 fully saturated rings. The second-order valence-corrected chi connectivity index (χ2v) is 6.27. The molecule has 26 heavy (non-hydrogen) atoms. The predicted molar refractivity (Wildman–Crippen MR) is 105 cm³/mol. The average molecular weight is 352 g/mol. The van der Waals surface area contributed by atoms with Crippen molar-refractivity contribution in [3.8, 4) is 0 Å². The van der Waals surface area contributed by atoms with Crippen LogP contribution in [-0.2, 0) is 14.3 Å². The van der Waals surface area contributed by atoms with Gasteiger partial charge in [0.2, 0.25) is 0 Å². The van der Waals surface area contributed by atoms with Gasteiger partial charge in [0.25, 0.3) is 0 Å². The third-order valence-electron chi connectivity index (χ3n) is 4.31. The maximum Gasteiger partial charge on any atom is 0.302 e. The number of nitrogens with zero attached hydrogens (tertiary/aromatic N) is 1. The molecule has 0 bridgehead atoms. The number of ketones is 1. The molecule has 0 amide bonds. The van der Waals surface area contributed by atoms with Gasteiger partial charge in [0.05, 0.1) is 13.0 Å². The number of carbonyl (C=O) groups is 2. The van der Waals surface area contributed by atoms with Gasteiger partial charge >= 0.3 is 5.97 Å². The van der Waals surface area contributed by atoms with Crippen molar-refractivity contribution in [1.82, 2.24) is 4.48 Å². The van der Waals surface area contributed by atoms with Crippen LogP contribution < -0.4 is 4.48 Å². The summed E-state index contributed by atoms with van der Waals surface area (Å²) in [5.41, 5.74) is 2.24. The zero-order chi connectivity index (χ0) is 18.8. The van der Waals surface area contributed by atoms with Crippen LogP contribution >= 0.6 is 0 Å².